The predicted molar refractivity (Wildman–Crippen MR) is 105 cm³/mol. The number of benzene rings is 2. The minimum absolute atomic E-state index is 0.0712. The second-order valence-electron chi connectivity index (χ2n) is 6.62. The standard InChI is InChI=1S/C20H16N4O2S/c1-11-18-14(12-5-4-6-13(25)9-12)10-17(26)22-19(18)24(23-11)20-21-15-7-2-3-8-16(15)27-20/h2-9,14,25H,10H2,1H3,(H,22,26)/t14-/m1/s1. The largest absolute Gasteiger partial charge is 0.508 e. The number of phenolic OH excluding ortho intramolecular Hbond substituents is 1. The SMILES string of the molecule is Cc1nn(-c2nc3ccccc3s2)c2c1[C@@H](c1cccc(O)c1)CC(=O)N2. The summed E-state index contributed by atoms with van der Waals surface area (Å²) in [6.45, 7) is 1.94. The van der Waals surface area contributed by atoms with Crippen molar-refractivity contribution in [1.29, 1.82) is 0 Å². The molecule has 4 aromatic rings. The zero-order chi connectivity index (χ0) is 18.5. The number of carbonyl (C=O) groups excluding carboxylic acids is 1. The lowest BCUT2D eigenvalue weighted by molar-refractivity contribution is -0.116. The second kappa shape index (κ2) is 5.92. The maximum absolute atomic E-state index is 12.4. The summed E-state index contributed by atoms with van der Waals surface area (Å²) < 4.78 is 2.79. The molecule has 0 radical (unpaired) electrons. The van der Waals surface area contributed by atoms with Gasteiger partial charge in [0, 0.05) is 17.9 Å². The van der Waals surface area contributed by atoms with E-state index in [2.05, 4.69) is 15.4 Å². The summed E-state index contributed by atoms with van der Waals surface area (Å²) in [6, 6.07) is 15.0. The maximum atomic E-state index is 12.4. The van der Waals surface area contributed by atoms with Gasteiger partial charge in [-0.25, -0.2) is 4.98 Å². The van der Waals surface area contributed by atoms with E-state index in [1.54, 1.807) is 22.9 Å². The van der Waals surface area contributed by atoms with Crippen molar-refractivity contribution in [3.63, 3.8) is 0 Å². The molecule has 6 nitrogen and oxygen atoms in total. The molecule has 0 saturated carbocycles. The van der Waals surface area contributed by atoms with E-state index >= 15 is 0 Å². The van der Waals surface area contributed by atoms with E-state index in [0.29, 0.717) is 12.2 Å². The fourth-order valence-corrected chi connectivity index (χ4v) is 4.59. The molecule has 7 heteroatoms. The molecule has 3 heterocycles. The van der Waals surface area contributed by atoms with E-state index in [1.807, 2.05) is 37.3 Å². The van der Waals surface area contributed by atoms with Crippen LogP contribution >= 0.6 is 11.3 Å². The van der Waals surface area contributed by atoms with Crippen LogP contribution in [-0.2, 0) is 4.79 Å². The molecule has 1 aliphatic rings. The molecule has 27 heavy (non-hydrogen) atoms. The van der Waals surface area contributed by atoms with Gasteiger partial charge in [0.1, 0.15) is 11.6 Å². The molecule has 1 aliphatic heterocycles. The van der Waals surface area contributed by atoms with Crippen LogP contribution in [0.25, 0.3) is 15.3 Å². The Kier molecular flexibility index (Phi) is 3.51. The number of aromatic hydroxyl groups is 1. The lowest BCUT2D eigenvalue weighted by atomic mass is 9.86. The number of aromatic nitrogens is 3. The number of aryl methyl sites for hydroxylation is 1. The van der Waals surface area contributed by atoms with Crippen LogP contribution in [0, 0.1) is 6.92 Å². The number of fused-ring (bicyclic) bond motifs is 2. The van der Waals surface area contributed by atoms with Crippen LogP contribution in [0.2, 0.25) is 0 Å². The summed E-state index contributed by atoms with van der Waals surface area (Å²) in [5, 5.41) is 18.2. The van der Waals surface area contributed by atoms with Crippen LogP contribution in [0.4, 0.5) is 5.82 Å². The molecule has 0 bridgehead atoms. The van der Waals surface area contributed by atoms with Crippen molar-refractivity contribution in [2.75, 3.05) is 5.32 Å². The minimum atomic E-state index is -0.149. The van der Waals surface area contributed by atoms with Crippen molar-refractivity contribution in [1.82, 2.24) is 14.8 Å². The number of rotatable bonds is 2. The Morgan fingerprint density at radius 2 is 2.07 bits per heavy atom. The first-order valence-corrected chi connectivity index (χ1v) is 9.46. The van der Waals surface area contributed by atoms with Crippen LogP contribution in [0.1, 0.15) is 29.2 Å². The van der Waals surface area contributed by atoms with Gasteiger partial charge in [-0.15, -0.1) is 0 Å². The van der Waals surface area contributed by atoms with Crippen LogP contribution in [0.5, 0.6) is 5.75 Å². The summed E-state index contributed by atoms with van der Waals surface area (Å²) in [5.74, 6) is 0.634. The lowest BCUT2D eigenvalue weighted by Gasteiger charge is -2.24. The first-order valence-electron chi connectivity index (χ1n) is 8.64. The Morgan fingerprint density at radius 1 is 1.22 bits per heavy atom. The van der Waals surface area contributed by atoms with Crippen LogP contribution in [-0.4, -0.2) is 25.8 Å². The number of thiazole rings is 1. The quantitative estimate of drug-likeness (QED) is 0.555. The summed E-state index contributed by atoms with van der Waals surface area (Å²) in [6.07, 6.45) is 0.322. The van der Waals surface area contributed by atoms with Crippen molar-refractivity contribution in [2.24, 2.45) is 0 Å². The molecular formula is C20H16N4O2S. The van der Waals surface area contributed by atoms with Gasteiger partial charge in [0.2, 0.25) is 11.0 Å². The van der Waals surface area contributed by atoms with Gasteiger partial charge in [0.15, 0.2) is 0 Å². The van der Waals surface area contributed by atoms with E-state index in [4.69, 9.17) is 0 Å². The highest BCUT2D eigenvalue weighted by Gasteiger charge is 2.33. The van der Waals surface area contributed by atoms with E-state index in [-0.39, 0.29) is 17.6 Å². The number of hydrogen-bond acceptors (Lipinski definition) is 5. The number of carbonyl (C=O) groups is 1. The van der Waals surface area contributed by atoms with Crippen LogP contribution in [0.15, 0.2) is 48.5 Å². The average Bonchev–Trinajstić information content (AvgIpc) is 3.22. The van der Waals surface area contributed by atoms with Crippen molar-refractivity contribution < 1.29 is 9.90 Å². The molecule has 5 rings (SSSR count). The third-order valence-electron chi connectivity index (χ3n) is 4.84. The number of phenols is 1. The van der Waals surface area contributed by atoms with Gasteiger partial charge in [-0.05, 0) is 36.8 Å². The highest BCUT2D eigenvalue weighted by atomic mass is 32.1. The third-order valence-corrected chi connectivity index (χ3v) is 5.85. The number of nitrogens with zero attached hydrogens (tertiary/aromatic N) is 3. The second-order valence-corrected chi connectivity index (χ2v) is 7.63. The van der Waals surface area contributed by atoms with Crippen molar-refractivity contribution in [3.8, 4) is 10.9 Å². The number of para-hydroxylation sites is 1. The molecule has 1 atom stereocenters. The molecule has 2 aromatic heterocycles. The van der Waals surface area contributed by atoms with Crippen LogP contribution < -0.4 is 5.32 Å². The monoisotopic (exact) mass is 376 g/mol. The molecular weight excluding hydrogens is 360 g/mol. The topological polar surface area (TPSA) is 80.0 Å². The number of hydrogen-bond donors (Lipinski definition) is 2. The Bertz CT molecular complexity index is 1160. The number of nitrogens with one attached hydrogen (secondary N) is 1. The Balaban J connectivity index is 1.69. The molecule has 0 spiro atoms. The molecule has 2 aromatic carbocycles. The highest BCUT2D eigenvalue weighted by Crippen LogP contribution is 2.41. The van der Waals surface area contributed by atoms with E-state index in [9.17, 15) is 9.90 Å². The molecule has 0 saturated heterocycles. The smallest absolute Gasteiger partial charge is 0.226 e. The molecule has 0 fully saturated rings. The summed E-state index contributed by atoms with van der Waals surface area (Å²) in [5.41, 5.74) is 3.63. The maximum Gasteiger partial charge on any atom is 0.226 e. The summed E-state index contributed by atoms with van der Waals surface area (Å²) in [7, 11) is 0. The summed E-state index contributed by atoms with van der Waals surface area (Å²) in [4.78, 5) is 17.1. The van der Waals surface area contributed by atoms with Gasteiger partial charge in [-0.2, -0.15) is 9.78 Å². The van der Waals surface area contributed by atoms with Gasteiger partial charge >= 0.3 is 0 Å². The fraction of sp³-hybridized carbons (Fsp3) is 0.150. The van der Waals surface area contributed by atoms with Gasteiger partial charge in [0.05, 0.1) is 15.9 Å². The van der Waals surface area contributed by atoms with Gasteiger partial charge in [-0.3, -0.25) is 4.79 Å². The normalized spacial score (nSPS) is 16.3. The van der Waals surface area contributed by atoms with Gasteiger partial charge < -0.3 is 10.4 Å². The average molecular weight is 376 g/mol. The highest BCUT2D eigenvalue weighted by molar-refractivity contribution is 7.20. The van der Waals surface area contributed by atoms with Crippen LogP contribution in [0.3, 0.4) is 0 Å². The van der Waals surface area contributed by atoms with Gasteiger partial charge in [0.25, 0.3) is 0 Å². The zero-order valence-corrected chi connectivity index (χ0v) is 15.3. The van der Waals surface area contributed by atoms with Crippen molar-refractivity contribution in [2.45, 2.75) is 19.3 Å². The zero-order valence-electron chi connectivity index (χ0n) is 14.5. The van der Waals surface area contributed by atoms with E-state index in [0.717, 1.165) is 32.2 Å². The molecule has 134 valence electrons. The van der Waals surface area contributed by atoms with E-state index < -0.39 is 0 Å². The molecule has 0 unspecified atom stereocenters. The first-order chi connectivity index (χ1) is 13.1. The Hall–Kier alpha value is -3.19. The number of anilines is 1. The minimum Gasteiger partial charge on any atom is -0.508 e. The Morgan fingerprint density at radius 3 is 2.89 bits per heavy atom. The lowest BCUT2D eigenvalue weighted by Crippen LogP contribution is -2.24. The third kappa shape index (κ3) is 2.59. The van der Waals surface area contributed by atoms with E-state index in [1.165, 1.54) is 11.3 Å². The first kappa shape index (κ1) is 16.0. The molecule has 2 N–H and O–H groups in total. The number of amides is 1. The summed E-state index contributed by atoms with van der Waals surface area (Å²) >= 11 is 1.54. The van der Waals surface area contributed by atoms with Crippen molar-refractivity contribution in [3.05, 3.63) is 65.4 Å². The van der Waals surface area contributed by atoms with Crippen molar-refractivity contribution >= 4 is 33.3 Å². The van der Waals surface area contributed by atoms with Gasteiger partial charge in [-0.1, -0.05) is 35.6 Å². The molecule has 0 aliphatic carbocycles. The predicted octanol–water partition coefficient (Wildman–Crippen LogP) is 3.97. The fourth-order valence-electron chi connectivity index (χ4n) is 3.66. The Labute approximate surface area is 159 Å². The molecule has 1 amide bonds.